The van der Waals surface area contributed by atoms with E-state index >= 15 is 0 Å². The third-order valence-electron chi connectivity index (χ3n) is 3.09. The van der Waals surface area contributed by atoms with E-state index in [1.54, 1.807) is 18.2 Å². The average Bonchev–Trinajstić information content (AvgIpc) is 2.42. The summed E-state index contributed by atoms with van der Waals surface area (Å²) in [6, 6.07) is 5.16. The van der Waals surface area contributed by atoms with Crippen molar-refractivity contribution in [3.05, 3.63) is 33.8 Å². The second-order valence-electron chi connectivity index (χ2n) is 4.55. The molecule has 0 aliphatic carbocycles. The van der Waals surface area contributed by atoms with Crippen LogP contribution in [-0.4, -0.2) is 25.3 Å². The zero-order valence-corrected chi connectivity index (χ0v) is 12.0. The van der Waals surface area contributed by atoms with Gasteiger partial charge in [-0.3, -0.25) is 4.79 Å². The standard InChI is InChI=1S/C14H16Cl2O3/c15-12-5-3-6-13(16)11(12)8-14(17)19-9-10-4-1-2-7-18-10/h3,5-6,10H,1-2,4,7-9H2. The van der Waals surface area contributed by atoms with E-state index in [1.807, 2.05) is 0 Å². The summed E-state index contributed by atoms with van der Waals surface area (Å²) in [7, 11) is 0. The van der Waals surface area contributed by atoms with Gasteiger partial charge in [-0.1, -0.05) is 29.3 Å². The lowest BCUT2D eigenvalue weighted by Crippen LogP contribution is -2.26. The Bertz CT molecular complexity index is 422. The first kappa shape index (κ1) is 14.6. The van der Waals surface area contributed by atoms with Gasteiger partial charge >= 0.3 is 5.97 Å². The number of carbonyl (C=O) groups excluding carboxylic acids is 1. The predicted molar refractivity (Wildman–Crippen MR) is 74.7 cm³/mol. The Morgan fingerprint density at radius 1 is 1.32 bits per heavy atom. The van der Waals surface area contributed by atoms with Crippen LogP contribution in [0.3, 0.4) is 0 Å². The van der Waals surface area contributed by atoms with E-state index in [-0.39, 0.29) is 18.5 Å². The molecule has 1 heterocycles. The lowest BCUT2D eigenvalue weighted by molar-refractivity contribution is -0.148. The van der Waals surface area contributed by atoms with Gasteiger partial charge in [0.1, 0.15) is 6.61 Å². The number of rotatable bonds is 4. The molecule has 0 aromatic heterocycles. The van der Waals surface area contributed by atoms with Crippen LogP contribution in [-0.2, 0) is 20.7 Å². The van der Waals surface area contributed by atoms with Crippen LogP contribution in [0.1, 0.15) is 24.8 Å². The minimum Gasteiger partial charge on any atom is -0.463 e. The van der Waals surface area contributed by atoms with Crippen molar-refractivity contribution in [3.63, 3.8) is 0 Å². The zero-order chi connectivity index (χ0) is 13.7. The van der Waals surface area contributed by atoms with Gasteiger partial charge in [-0.05, 0) is 31.4 Å². The van der Waals surface area contributed by atoms with Crippen LogP contribution >= 0.6 is 23.2 Å². The first-order valence-electron chi connectivity index (χ1n) is 6.37. The van der Waals surface area contributed by atoms with E-state index in [9.17, 15) is 4.79 Å². The van der Waals surface area contributed by atoms with Crippen LogP contribution < -0.4 is 0 Å². The van der Waals surface area contributed by atoms with Crippen molar-refractivity contribution in [1.82, 2.24) is 0 Å². The van der Waals surface area contributed by atoms with Crippen LogP contribution in [0.25, 0.3) is 0 Å². The molecule has 1 aliphatic heterocycles. The highest BCUT2D eigenvalue weighted by atomic mass is 35.5. The number of ether oxygens (including phenoxy) is 2. The Kier molecular flexibility index (Phi) is 5.49. The van der Waals surface area contributed by atoms with E-state index in [0.717, 1.165) is 25.9 Å². The number of hydrogen-bond donors (Lipinski definition) is 0. The molecule has 1 aromatic rings. The summed E-state index contributed by atoms with van der Waals surface area (Å²) in [5, 5.41) is 0.969. The lowest BCUT2D eigenvalue weighted by Gasteiger charge is -2.22. The van der Waals surface area contributed by atoms with Gasteiger partial charge in [0.2, 0.25) is 0 Å². The third-order valence-corrected chi connectivity index (χ3v) is 3.80. The molecule has 1 saturated heterocycles. The maximum Gasteiger partial charge on any atom is 0.310 e. The second kappa shape index (κ2) is 7.13. The molecular formula is C14H16Cl2O3. The summed E-state index contributed by atoms with van der Waals surface area (Å²) in [4.78, 5) is 11.8. The lowest BCUT2D eigenvalue weighted by atomic mass is 10.1. The molecule has 0 bridgehead atoms. The topological polar surface area (TPSA) is 35.5 Å². The molecule has 1 unspecified atom stereocenters. The Morgan fingerprint density at radius 3 is 2.68 bits per heavy atom. The quantitative estimate of drug-likeness (QED) is 0.797. The van der Waals surface area contributed by atoms with Crippen LogP contribution in [0.4, 0.5) is 0 Å². The second-order valence-corrected chi connectivity index (χ2v) is 5.36. The molecule has 19 heavy (non-hydrogen) atoms. The summed E-state index contributed by atoms with van der Waals surface area (Å²) in [6.07, 6.45) is 3.27. The zero-order valence-electron chi connectivity index (χ0n) is 10.5. The van der Waals surface area contributed by atoms with Crippen molar-refractivity contribution in [2.45, 2.75) is 31.8 Å². The highest BCUT2D eigenvalue weighted by Crippen LogP contribution is 2.25. The summed E-state index contributed by atoms with van der Waals surface area (Å²) in [5.41, 5.74) is 0.611. The molecule has 0 amide bonds. The Morgan fingerprint density at radius 2 is 2.05 bits per heavy atom. The maximum absolute atomic E-state index is 11.8. The molecular weight excluding hydrogens is 287 g/mol. The molecule has 1 aromatic carbocycles. The van der Waals surface area contributed by atoms with Gasteiger partial charge in [0.05, 0.1) is 12.5 Å². The Hall–Kier alpha value is -0.770. The fraction of sp³-hybridized carbons (Fsp3) is 0.500. The number of halogens is 2. The maximum atomic E-state index is 11.8. The first-order valence-corrected chi connectivity index (χ1v) is 7.12. The van der Waals surface area contributed by atoms with Crippen molar-refractivity contribution in [2.75, 3.05) is 13.2 Å². The number of hydrogen-bond acceptors (Lipinski definition) is 3. The molecule has 1 atom stereocenters. The highest BCUT2D eigenvalue weighted by molar-refractivity contribution is 6.36. The minimum absolute atomic E-state index is 0.0272. The van der Waals surface area contributed by atoms with E-state index in [1.165, 1.54) is 0 Å². The van der Waals surface area contributed by atoms with E-state index < -0.39 is 0 Å². The van der Waals surface area contributed by atoms with E-state index in [0.29, 0.717) is 22.2 Å². The van der Waals surface area contributed by atoms with Gasteiger partial charge in [0, 0.05) is 22.2 Å². The highest BCUT2D eigenvalue weighted by Gasteiger charge is 2.17. The van der Waals surface area contributed by atoms with Crippen molar-refractivity contribution >= 4 is 29.2 Å². The number of carbonyl (C=O) groups is 1. The molecule has 1 fully saturated rings. The SMILES string of the molecule is O=C(Cc1c(Cl)cccc1Cl)OCC1CCCCO1. The van der Waals surface area contributed by atoms with Crippen LogP contribution in [0, 0.1) is 0 Å². The summed E-state index contributed by atoms with van der Waals surface area (Å²) < 4.78 is 10.7. The van der Waals surface area contributed by atoms with E-state index in [4.69, 9.17) is 32.7 Å². The molecule has 2 rings (SSSR count). The van der Waals surface area contributed by atoms with Crippen LogP contribution in [0.2, 0.25) is 10.0 Å². The number of benzene rings is 1. The Labute approximate surface area is 122 Å². The molecule has 3 nitrogen and oxygen atoms in total. The smallest absolute Gasteiger partial charge is 0.310 e. The van der Waals surface area contributed by atoms with Crippen molar-refractivity contribution in [2.24, 2.45) is 0 Å². The predicted octanol–water partition coefficient (Wildman–Crippen LogP) is 3.65. The Balaban J connectivity index is 1.83. The molecule has 0 saturated carbocycles. The third kappa shape index (κ3) is 4.37. The van der Waals surface area contributed by atoms with Gasteiger partial charge in [-0.15, -0.1) is 0 Å². The molecule has 104 valence electrons. The van der Waals surface area contributed by atoms with Gasteiger partial charge in [-0.25, -0.2) is 0 Å². The van der Waals surface area contributed by atoms with E-state index in [2.05, 4.69) is 0 Å². The van der Waals surface area contributed by atoms with Crippen molar-refractivity contribution < 1.29 is 14.3 Å². The van der Waals surface area contributed by atoms with Crippen LogP contribution in [0.15, 0.2) is 18.2 Å². The van der Waals surface area contributed by atoms with Gasteiger partial charge in [0.25, 0.3) is 0 Å². The normalized spacial score (nSPS) is 19.2. The number of esters is 1. The molecule has 0 spiro atoms. The molecule has 0 radical (unpaired) electrons. The largest absolute Gasteiger partial charge is 0.463 e. The van der Waals surface area contributed by atoms with Gasteiger partial charge < -0.3 is 9.47 Å². The molecule has 0 N–H and O–H groups in total. The fourth-order valence-electron chi connectivity index (χ4n) is 2.02. The summed E-state index contributed by atoms with van der Waals surface area (Å²) in [5.74, 6) is -0.329. The summed E-state index contributed by atoms with van der Waals surface area (Å²) >= 11 is 12.0. The van der Waals surface area contributed by atoms with Crippen molar-refractivity contribution in [3.8, 4) is 0 Å². The average molecular weight is 303 g/mol. The minimum atomic E-state index is -0.329. The summed E-state index contributed by atoms with van der Waals surface area (Å²) in [6.45, 7) is 1.06. The van der Waals surface area contributed by atoms with Gasteiger partial charge in [-0.2, -0.15) is 0 Å². The molecule has 5 heteroatoms. The van der Waals surface area contributed by atoms with Crippen LogP contribution in [0.5, 0.6) is 0 Å². The fourth-order valence-corrected chi connectivity index (χ4v) is 2.55. The first-order chi connectivity index (χ1) is 9.16. The monoisotopic (exact) mass is 302 g/mol. The molecule has 1 aliphatic rings. The van der Waals surface area contributed by atoms with Gasteiger partial charge in [0.15, 0.2) is 0 Å². The van der Waals surface area contributed by atoms with Crippen molar-refractivity contribution in [1.29, 1.82) is 0 Å².